The molecule has 0 saturated heterocycles. The maximum atomic E-state index is 12.7. The van der Waals surface area contributed by atoms with Crippen LogP contribution >= 0.6 is 11.6 Å². The van der Waals surface area contributed by atoms with E-state index in [1.54, 1.807) is 36.1 Å². The van der Waals surface area contributed by atoms with Gasteiger partial charge in [0.2, 0.25) is 11.7 Å². The van der Waals surface area contributed by atoms with Crippen LogP contribution < -0.4 is 4.74 Å². The van der Waals surface area contributed by atoms with E-state index in [2.05, 4.69) is 10.1 Å². The topological polar surface area (TPSA) is 112 Å². The van der Waals surface area contributed by atoms with Crippen molar-refractivity contribution >= 4 is 23.2 Å². The van der Waals surface area contributed by atoms with Crippen LogP contribution in [-0.4, -0.2) is 38.5 Å². The number of ether oxygens (including phenoxy) is 1. The second-order valence-corrected chi connectivity index (χ2v) is 7.56. The standard InChI is InChI=1S/C21H21ClN4O5/c1-13(2)25(11-19-23-21(24-31-19)15-4-6-16(22)7-5-15)20(27)12-30-17-8-9-18(26(28)29)14(3)10-17/h4-10,13H,11-12H2,1-3H3. The molecule has 31 heavy (non-hydrogen) atoms. The Labute approximate surface area is 183 Å². The van der Waals surface area contributed by atoms with Crippen LogP contribution in [0, 0.1) is 17.0 Å². The van der Waals surface area contributed by atoms with Gasteiger partial charge in [0.25, 0.3) is 11.6 Å². The van der Waals surface area contributed by atoms with E-state index in [4.69, 9.17) is 20.9 Å². The van der Waals surface area contributed by atoms with Crippen LogP contribution in [-0.2, 0) is 11.3 Å². The normalized spacial score (nSPS) is 10.9. The fraction of sp³-hybridized carbons (Fsp3) is 0.286. The Morgan fingerprint density at radius 3 is 2.58 bits per heavy atom. The van der Waals surface area contributed by atoms with Gasteiger partial charge < -0.3 is 14.2 Å². The quantitative estimate of drug-likeness (QED) is 0.373. The Bertz CT molecular complexity index is 1080. The highest BCUT2D eigenvalue weighted by Crippen LogP contribution is 2.23. The third-order valence-electron chi connectivity index (χ3n) is 4.55. The van der Waals surface area contributed by atoms with Crippen molar-refractivity contribution in [3.05, 3.63) is 69.1 Å². The molecule has 0 bridgehead atoms. The van der Waals surface area contributed by atoms with Crippen LogP contribution in [0.15, 0.2) is 47.0 Å². The number of benzene rings is 2. The summed E-state index contributed by atoms with van der Waals surface area (Å²) in [5.74, 6) is 0.791. The molecule has 1 heterocycles. The van der Waals surface area contributed by atoms with E-state index in [1.165, 1.54) is 18.2 Å². The second kappa shape index (κ2) is 9.57. The summed E-state index contributed by atoms with van der Waals surface area (Å²) in [4.78, 5) is 29.1. The minimum atomic E-state index is -0.465. The number of nitro benzene ring substituents is 1. The molecule has 3 aromatic rings. The van der Waals surface area contributed by atoms with Crippen LogP contribution in [0.5, 0.6) is 5.75 Å². The Balaban J connectivity index is 1.65. The van der Waals surface area contributed by atoms with Gasteiger partial charge in [-0.3, -0.25) is 14.9 Å². The molecule has 2 aromatic carbocycles. The van der Waals surface area contributed by atoms with Crippen LogP contribution in [0.25, 0.3) is 11.4 Å². The molecular weight excluding hydrogens is 424 g/mol. The van der Waals surface area contributed by atoms with E-state index >= 15 is 0 Å². The molecule has 0 unspecified atom stereocenters. The highest BCUT2D eigenvalue weighted by atomic mass is 35.5. The van der Waals surface area contributed by atoms with Gasteiger partial charge in [-0.1, -0.05) is 16.8 Å². The molecular formula is C21H21ClN4O5. The van der Waals surface area contributed by atoms with E-state index in [0.717, 1.165) is 5.56 Å². The van der Waals surface area contributed by atoms with Gasteiger partial charge >= 0.3 is 0 Å². The number of amides is 1. The van der Waals surface area contributed by atoms with E-state index in [0.29, 0.717) is 22.2 Å². The number of hydrogen-bond acceptors (Lipinski definition) is 7. The first-order valence-electron chi connectivity index (χ1n) is 9.50. The monoisotopic (exact) mass is 444 g/mol. The average molecular weight is 445 g/mol. The minimum Gasteiger partial charge on any atom is -0.484 e. The molecule has 1 aromatic heterocycles. The van der Waals surface area contributed by atoms with Crippen molar-refractivity contribution < 1.29 is 19.0 Å². The van der Waals surface area contributed by atoms with Crippen molar-refractivity contribution in [1.82, 2.24) is 15.0 Å². The molecule has 0 saturated carbocycles. The third-order valence-corrected chi connectivity index (χ3v) is 4.80. The molecule has 3 rings (SSSR count). The molecule has 0 radical (unpaired) electrons. The Morgan fingerprint density at radius 1 is 1.26 bits per heavy atom. The lowest BCUT2D eigenvalue weighted by atomic mass is 10.2. The largest absolute Gasteiger partial charge is 0.484 e. The maximum Gasteiger partial charge on any atom is 0.272 e. The zero-order chi connectivity index (χ0) is 22.5. The fourth-order valence-corrected chi connectivity index (χ4v) is 3.02. The highest BCUT2D eigenvalue weighted by Gasteiger charge is 2.22. The third kappa shape index (κ3) is 5.58. The summed E-state index contributed by atoms with van der Waals surface area (Å²) in [5.41, 5.74) is 1.20. The van der Waals surface area contributed by atoms with Gasteiger partial charge in [0.15, 0.2) is 6.61 Å². The van der Waals surface area contributed by atoms with E-state index in [9.17, 15) is 14.9 Å². The van der Waals surface area contributed by atoms with Crippen molar-refractivity contribution in [1.29, 1.82) is 0 Å². The van der Waals surface area contributed by atoms with Gasteiger partial charge in [0.1, 0.15) is 12.3 Å². The molecule has 0 spiro atoms. The molecule has 10 heteroatoms. The predicted molar refractivity (Wildman–Crippen MR) is 114 cm³/mol. The summed E-state index contributed by atoms with van der Waals surface area (Å²) in [6.45, 7) is 5.24. The molecule has 162 valence electrons. The maximum absolute atomic E-state index is 12.7. The van der Waals surface area contributed by atoms with Crippen molar-refractivity contribution in [2.24, 2.45) is 0 Å². The highest BCUT2D eigenvalue weighted by molar-refractivity contribution is 6.30. The molecule has 1 amide bonds. The zero-order valence-corrected chi connectivity index (χ0v) is 18.0. The van der Waals surface area contributed by atoms with Crippen LogP contribution in [0.3, 0.4) is 0 Å². The number of carbonyl (C=O) groups is 1. The number of aryl methyl sites for hydroxylation is 1. The summed E-state index contributed by atoms with van der Waals surface area (Å²) >= 11 is 5.90. The Hall–Kier alpha value is -3.46. The van der Waals surface area contributed by atoms with Crippen molar-refractivity contribution in [3.8, 4) is 17.1 Å². The fourth-order valence-electron chi connectivity index (χ4n) is 2.89. The van der Waals surface area contributed by atoms with Gasteiger partial charge in [-0.25, -0.2) is 0 Å². The summed E-state index contributed by atoms with van der Waals surface area (Å²) in [6.07, 6.45) is 0. The second-order valence-electron chi connectivity index (χ2n) is 7.13. The molecule has 0 atom stereocenters. The molecule has 9 nitrogen and oxygen atoms in total. The lowest BCUT2D eigenvalue weighted by Crippen LogP contribution is -2.39. The first-order valence-corrected chi connectivity index (χ1v) is 9.88. The van der Waals surface area contributed by atoms with Crippen molar-refractivity contribution in [3.63, 3.8) is 0 Å². The first-order chi connectivity index (χ1) is 14.7. The number of nitro groups is 1. The number of nitrogens with zero attached hydrogens (tertiary/aromatic N) is 4. The summed E-state index contributed by atoms with van der Waals surface area (Å²) in [5, 5.41) is 15.5. The first kappa shape index (κ1) is 22.2. The van der Waals surface area contributed by atoms with Crippen LogP contribution in [0.2, 0.25) is 5.02 Å². The number of hydrogen-bond donors (Lipinski definition) is 0. The SMILES string of the molecule is Cc1cc(OCC(=O)N(Cc2nc(-c3ccc(Cl)cc3)no2)C(C)C)ccc1[N+](=O)[O-]. The van der Waals surface area contributed by atoms with Gasteiger partial charge in [0, 0.05) is 28.3 Å². The molecule has 0 aliphatic heterocycles. The number of halogens is 1. The Kier molecular flexibility index (Phi) is 6.86. The Morgan fingerprint density at radius 2 is 1.97 bits per heavy atom. The summed E-state index contributed by atoms with van der Waals surface area (Å²) in [6, 6.07) is 11.2. The summed E-state index contributed by atoms with van der Waals surface area (Å²) < 4.78 is 10.8. The lowest BCUT2D eigenvalue weighted by molar-refractivity contribution is -0.385. The van der Waals surface area contributed by atoms with Gasteiger partial charge in [-0.2, -0.15) is 4.98 Å². The van der Waals surface area contributed by atoms with Crippen molar-refractivity contribution in [2.45, 2.75) is 33.4 Å². The number of carbonyl (C=O) groups excluding carboxylic acids is 1. The van der Waals surface area contributed by atoms with E-state index in [-0.39, 0.29) is 36.7 Å². The smallest absolute Gasteiger partial charge is 0.272 e. The molecule has 0 fully saturated rings. The van der Waals surface area contributed by atoms with Gasteiger partial charge in [-0.05, 0) is 57.2 Å². The minimum absolute atomic E-state index is 0.00429. The van der Waals surface area contributed by atoms with Crippen molar-refractivity contribution in [2.75, 3.05) is 6.61 Å². The number of rotatable bonds is 8. The molecule has 0 N–H and O–H groups in total. The van der Waals surface area contributed by atoms with E-state index < -0.39 is 4.92 Å². The van der Waals surface area contributed by atoms with Crippen LogP contribution in [0.4, 0.5) is 5.69 Å². The lowest BCUT2D eigenvalue weighted by Gasteiger charge is -2.25. The molecule has 0 aliphatic carbocycles. The van der Waals surface area contributed by atoms with Crippen LogP contribution in [0.1, 0.15) is 25.3 Å². The number of aromatic nitrogens is 2. The average Bonchev–Trinajstić information content (AvgIpc) is 3.19. The summed E-state index contributed by atoms with van der Waals surface area (Å²) in [7, 11) is 0. The zero-order valence-electron chi connectivity index (χ0n) is 17.2. The molecule has 0 aliphatic rings. The predicted octanol–water partition coefficient (Wildman–Crippen LogP) is 4.42. The van der Waals surface area contributed by atoms with Gasteiger partial charge in [-0.15, -0.1) is 0 Å². The van der Waals surface area contributed by atoms with Gasteiger partial charge in [0.05, 0.1) is 4.92 Å². The van der Waals surface area contributed by atoms with E-state index in [1.807, 2.05) is 13.8 Å².